The van der Waals surface area contributed by atoms with Crippen LogP contribution >= 0.6 is 0 Å². The lowest BCUT2D eigenvalue weighted by molar-refractivity contribution is -0.205. The summed E-state index contributed by atoms with van der Waals surface area (Å²) in [7, 11) is -4.25. The molecular formula is C46H47N5O7S. The minimum Gasteiger partial charge on any atom is -0.508 e. The van der Waals surface area contributed by atoms with Crippen molar-refractivity contribution in [2.75, 3.05) is 19.6 Å². The van der Waals surface area contributed by atoms with Gasteiger partial charge >= 0.3 is 0 Å². The van der Waals surface area contributed by atoms with Crippen molar-refractivity contribution < 1.29 is 32.7 Å². The average molecular weight is 814 g/mol. The summed E-state index contributed by atoms with van der Waals surface area (Å²) < 4.78 is 30.0. The van der Waals surface area contributed by atoms with E-state index in [1.165, 1.54) is 41.4 Å². The molecule has 2 saturated heterocycles. The molecule has 0 saturated carbocycles. The van der Waals surface area contributed by atoms with Crippen LogP contribution in [0.3, 0.4) is 0 Å². The van der Waals surface area contributed by atoms with Crippen LogP contribution in [0.1, 0.15) is 52.9 Å². The molecule has 4 aromatic carbocycles. The molecule has 2 atom stereocenters. The molecule has 2 fully saturated rings. The number of phenols is 1. The Morgan fingerprint density at radius 2 is 1.61 bits per heavy atom. The Kier molecular flexibility index (Phi) is 11.7. The normalized spacial score (nSPS) is 17.2. The average Bonchev–Trinajstić information content (AvgIpc) is 3.62. The summed E-state index contributed by atoms with van der Waals surface area (Å²) in [6.07, 6.45) is 4.21. The van der Waals surface area contributed by atoms with Crippen molar-refractivity contribution in [1.82, 2.24) is 23.8 Å². The zero-order chi connectivity index (χ0) is 42.0. The number of amides is 3. The van der Waals surface area contributed by atoms with Gasteiger partial charge in [0.15, 0.2) is 5.78 Å². The van der Waals surface area contributed by atoms with Crippen LogP contribution in [-0.2, 0) is 43.8 Å². The van der Waals surface area contributed by atoms with Crippen LogP contribution in [0, 0.1) is 6.92 Å². The minimum atomic E-state index is -4.25. The van der Waals surface area contributed by atoms with Crippen LogP contribution in [-0.4, -0.2) is 92.7 Å². The van der Waals surface area contributed by atoms with E-state index in [4.69, 9.17) is 0 Å². The second kappa shape index (κ2) is 16.9. The van der Waals surface area contributed by atoms with Gasteiger partial charge in [0.05, 0.1) is 23.5 Å². The van der Waals surface area contributed by atoms with Crippen LogP contribution in [0.25, 0.3) is 10.9 Å². The van der Waals surface area contributed by atoms with Gasteiger partial charge in [0.25, 0.3) is 10.0 Å². The number of nitrogens with zero attached hydrogens (tertiary/aromatic N) is 5. The van der Waals surface area contributed by atoms with Crippen molar-refractivity contribution >= 4 is 44.4 Å². The highest BCUT2D eigenvalue weighted by Gasteiger charge is 2.51. The maximum Gasteiger partial charge on any atom is 0.268 e. The number of aryl methyl sites for hydroxylation is 2. The number of piperazine rings is 1. The molecule has 1 N–H and O–H groups in total. The highest BCUT2D eigenvalue weighted by molar-refractivity contribution is 7.90. The number of allylic oxidation sites excluding steroid dienone is 2. The van der Waals surface area contributed by atoms with Gasteiger partial charge in [-0.3, -0.25) is 19.2 Å². The third-order valence-corrected chi connectivity index (χ3v) is 12.4. The van der Waals surface area contributed by atoms with E-state index in [1.54, 1.807) is 77.3 Å². The molecule has 13 heteroatoms. The third-order valence-electron chi connectivity index (χ3n) is 10.8. The Morgan fingerprint density at radius 3 is 2.29 bits per heavy atom. The van der Waals surface area contributed by atoms with E-state index >= 15 is 0 Å². The van der Waals surface area contributed by atoms with Crippen LogP contribution in [0.15, 0.2) is 132 Å². The molecule has 12 nitrogen and oxygen atoms in total. The second-order valence-electron chi connectivity index (χ2n) is 15.3. The Bertz CT molecular complexity index is 2560. The number of fused-ring (bicyclic) bond motifs is 2. The topological polar surface area (TPSA) is 141 Å². The van der Waals surface area contributed by atoms with E-state index in [1.807, 2.05) is 37.3 Å². The van der Waals surface area contributed by atoms with E-state index in [9.17, 15) is 32.7 Å². The summed E-state index contributed by atoms with van der Waals surface area (Å²) in [5.74, 6) is -1.28. The Labute approximate surface area is 344 Å². The Morgan fingerprint density at radius 1 is 0.898 bits per heavy atom. The predicted octanol–water partition coefficient (Wildman–Crippen LogP) is 6.03. The number of hydrogen-bond donors (Lipinski definition) is 1. The molecule has 0 bridgehead atoms. The highest BCUT2D eigenvalue weighted by Crippen LogP contribution is 2.34. The Hall–Kier alpha value is -6.31. The van der Waals surface area contributed by atoms with Gasteiger partial charge in [-0.15, -0.1) is 6.58 Å². The molecule has 59 heavy (non-hydrogen) atoms. The standard InChI is InChI=1S/C46H47N5O7S/c1-5-24-48-30-44(55)50-40(26-34-16-19-36(52)20-17-34)46(56)47(29-42(50)51(48)43(54)23-18-33-10-7-6-8-11-33)27-35-12-9-13-38-39(41(53)25-31(2)3)28-49(45(35)38)59(57,58)37-21-14-32(4)15-22-37/h5-17,19-22,25,28,40,42,52H,1,18,23-24,26-27,29-30H2,2-4H3/t40-,42-/m0/s1. The first kappa shape index (κ1) is 40.9. The van der Waals surface area contributed by atoms with Crippen LogP contribution < -0.4 is 0 Å². The molecule has 5 aromatic rings. The predicted molar refractivity (Wildman–Crippen MR) is 224 cm³/mol. The van der Waals surface area contributed by atoms with E-state index < -0.39 is 28.1 Å². The molecule has 2 aliphatic heterocycles. The number of rotatable bonds is 13. The maximum absolute atomic E-state index is 14.9. The minimum absolute atomic E-state index is 0.0300. The number of carbonyl (C=O) groups is 4. The summed E-state index contributed by atoms with van der Waals surface area (Å²) in [5.41, 5.74) is 4.17. The number of para-hydroxylation sites is 1. The number of phenolic OH excluding ortho intramolecular Hbond substituents is 1. The number of benzene rings is 4. The lowest BCUT2D eigenvalue weighted by Gasteiger charge is -2.55. The fourth-order valence-corrected chi connectivity index (χ4v) is 9.38. The van der Waals surface area contributed by atoms with Gasteiger partial charge in [-0.2, -0.15) is 0 Å². The van der Waals surface area contributed by atoms with Crippen molar-refractivity contribution in [2.45, 2.75) is 63.7 Å². The molecule has 3 heterocycles. The zero-order valence-electron chi connectivity index (χ0n) is 33.3. The van der Waals surface area contributed by atoms with Crippen LogP contribution in [0.4, 0.5) is 0 Å². The highest BCUT2D eigenvalue weighted by atomic mass is 32.2. The molecule has 1 aromatic heterocycles. The molecule has 3 amide bonds. The van der Waals surface area contributed by atoms with E-state index in [-0.39, 0.29) is 78.3 Å². The largest absolute Gasteiger partial charge is 0.508 e. The summed E-state index contributed by atoms with van der Waals surface area (Å²) >= 11 is 0. The van der Waals surface area contributed by atoms with Gasteiger partial charge in [0, 0.05) is 43.1 Å². The maximum atomic E-state index is 14.9. The van der Waals surface area contributed by atoms with Crippen molar-refractivity contribution in [3.8, 4) is 5.75 Å². The van der Waals surface area contributed by atoms with Gasteiger partial charge < -0.3 is 14.9 Å². The van der Waals surface area contributed by atoms with Crippen LogP contribution in [0.5, 0.6) is 5.75 Å². The van der Waals surface area contributed by atoms with Gasteiger partial charge in [-0.1, -0.05) is 90.0 Å². The summed E-state index contributed by atoms with van der Waals surface area (Å²) in [4.78, 5) is 60.1. The Balaban J connectivity index is 1.34. The van der Waals surface area contributed by atoms with Crippen molar-refractivity contribution in [3.05, 3.63) is 155 Å². The number of ketones is 1. The fraction of sp³-hybridized carbons (Fsp3) is 0.261. The van der Waals surface area contributed by atoms with Gasteiger partial charge in [0.2, 0.25) is 17.7 Å². The first-order chi connectivity index (χ1) is 28.3. The molecule has 2 aliphatic rings. The van der Waals surface area contributed by atoms with Crippen LogP contribution in [0.2, 0.25) is 0 Å². The second-order valence-corrected chi connectivity index (χ2v) is 17.1. The SMILES string of the molecule is C=CCN1CC(=O)N2[C@@H](Cc3ccc(O)cc3)C(=O)N(Cc3cccc4c(C(=O)C=C(C)C)cn(S(=O)(=O)c5ccc(C)cc5)c34)C[C@@H]2N1C(=O)CCc1ccccc1. The van der Waals surface area contributed by atoms with E-state index in [2.05, 4.69) is 6.58 Å². The molecule has 0 aliphatic carbocycles. The number of carbonyl (C=O) groups excluding carboxylic acids is 4. The van der Waals surface area contributed by atoms with Crippen molar-refractivity contribution in [1.29, 1.82) is 0 Å². The fourth-order valence-electron chi connectivity index (χ4n) is 7.97. The van der Waals surface area contributed by atoms with E-state index in [0.29, 0.717) is 22.9 Å². The summed E-state index contributed by atoms with van der Waals surface area (Å²) in [6.45, 7) is 9.18. The molecule has 0 radical (unpaired) electrons. The van der Waals surface area contributed by atoms with Crippen molar-refractivity contribution in [3.63, 3.8) is 0 Å². The molecule has 7 rings (SSSR count). The third kappa shape index (κ3) is 8.34. The lowest BCUT2D eigenvalue weighted by atomic mass is 9.97. The number of hydrogen-bond acceptors (Lipinski definition) is 8. The first-order valence-electron chi connectivity index (χ1n) is 19.5. The zero-order valence-corrected chi connectivity index (χ0v) is 34.1. The smallest absolute Gasteiger partial charge is 0.268 e. The molecule has 304 valence electrons. The molecule has 0 unspecified atom stereocenters. The number of aromatic nitrogens is 1. The summed E-state index contributed by atoms with van der Waals surface area (Å²) in [5, 5.41) is 13.7. The monoisotopic (exact) mass is 813 g/mol. The van der Waals surface area contributed by atoms with Gasteiger partial charge in [-0.25, -0.2) is 22.4 Å². The summed E-state index contributed by atoms with van der Waals surface area (Å²) in [6, 6.07) is 26.6. The lowest BCUT2D eigenvalue weighted by Crippen LogP contribution is -2.75. The van der Waals surface area contributed by atoms with Gasteiger partial charge in [0.1, 0.15) is 18.0 Å². The van der Waals surface area contributed by atoms with E-state index in [0.717, 1.165) is 20.7 Å². The van der Waals surface area contributed by atoms with Crippen molar-refractivity contribution in [2.24, 2.45) is 0 Å². The molecular weight excluding hydrogens is 767 g/mol. The first-order valence-corrected chi connectivity index (χ1v) is 20.9. The van der Waals surface area contributed by atoms with Gasteiger partial charge in [-0.05, 0) is 74.2 Å². The number of hydrazine groups is 1. The quantitative estimate of drug-likeness (QED) is 0.0865. The number of aromatic hydroxyl groups is 1. The molecule has 0 spiro atoms.